The number of amides is 1. The van der Waals surface area contributed by atoms with Gasteiger partial charge in [0.25, 0.3) is 0 Å². The molecule has 2 N–H and O–H groups in total. The zero-order valence-corrected chi connectivity index (χ0v) is 13.4. The van der Waals surface area contributed by atoms with Crippen LogP contribution in [0.5, 0.6) is 0 Å². The molecule has 0 aromatic heterocycles. The number of hydrogen-bond acceptors (Lipinski definition) is 6. The van der Waals surface area contributed by atoms with Crippen LogP contribution in [0.15, 0.2) is 0 Å². The molecule has 0 aliphatic carbocycles. The molecule has 1 amide bonds. The van der Waals surface area contributed by atoms with Crippen LogP contribution in [0.3, 0.4) is 0 Å². The standard InChI is InChI=1S/C12H21N3O3S2/c1-14-10(16)9(3-8-19-2)13-12(14)4-6-15(7-5-12)20-11(17)18/h9,13H,3-8H2,1-2H3,(H,17,18). The van der Waals surface area contributed by atoms with Crippen LogP contribution in [0.2, 0.25) is 0 Å². The predicted molar refractivity (Wildman–Crippen MR) is 81.8 cm³/mol. The lowest BCUT2D eigenvalue weighted by Gasteiger charge is -2.42. The van der Waals surface area contributed by atoms with E-state index in [0.29, 0.717) is 13.1 Å². The van der Waals surface area contributed by atoms with E-state index in [1.54, 1.807) is 11.8 Å². The molecule has 2 saturated heterocycles. The van der Waals surface area contributed by atoms with Crippen molar-refractivity contribution in [3.8, 4) is 0 Å². The van der Waals surface area contributed by atoms with Crippen molar-refractivity contribution < 1.29 is 14.7 Å². The fourth-order valence-electron chi connectivity index (χ4n) is 2.90. The first kappa shape index (κ1) is 15.9. The van der Waals surface area contributed by atoms with Crippen molar-refractivity contribution in [2.45, 2.75) is 31.0 Å². The van der Waals surface area contributed by atoms with Crippen LogP contribution in [0, 0.1) is 0 Å². The number of carbonyl (C=O) groups is 2. The first-order valence-corrected chi connectivity index (χ1v) is 8.85. The summed E-state index contributed by atoms with van der Waals surface area (Å²) in [6.45, 7) is 1.35. The topological polar surface area (TPSA) is 72.9 Å². The number of hydrogen-bond donors (Lipinski definition) is 2. The van der Waals surface area contributed by atoms with Crippen molar-refractivity contribution in [3.63, 3.8) is 0 Å². The largest absolute Gasteiger partial charge is 0.472 e. The highest BCUT2D eigenvalue weighted by molar-refractivity contribution is 8.11. The second kappa shape index (κ2) is 6.55. The molecule has 2 heterocycles. The molecule has 1 spiro atoms. The highest BCUT2D eigenvalue weighted by Crippen LogP contribution is 2.34. The van der Waals surface area contributed by atoms with Gasteiger partial charge in [0.15, 0.2) is 0 Å². The summed E-state index contributed by atoms with van der Waals surface area (Å²) in [4.78, 5) is 24.8. The quantitative estimate of drug-likeness (QED) is 0.756. The third-order valence-corrected chi connectivity index (χ3v) is 5.50. The first-order valence-electron chi connectivity index (χ1n) is 6.69. The normalized spacial score (nSPS) is 26.4. The summed E-state index contributed by atoms with van der Waals surface area (Å²) in [7, 11) is 1.86. The van der Waals surface area contributed by atoms with Crippen LogP contribution in [-0.2, 0) is 4.79 Å². The fourth-order valence-corrected chi connectivity index (χ4v) is 3.95. The lowest BCUT2D eigenvalue weighted by atomic mass is 9.98. The van der Waals surface area contributed by atoms with E-state index in [9.17, 15) is 9.59 Å². The number of thioether (sulfide) groups is 1. The Bertz CT molecular complexity index is 386. The SMILES string of the molecule is CSCCC1NC2(CCN(SC(=O)O)CC2)N(C)C1=O. The summed E-state index contributed by atoms with van der Waals surface area (Å²) in [5.74, 6) is 1.13. The third-order valence-electron chi connectivity index (χ3n) is 4.08. The van der Waals surface area contributed by atoms with Crippen LogP contribution in [-0.4, -0.2) is 69.4 Å². The van der Waals surface area contributed by atoms with Gasteiger partial charge >= 0.3 is 5.30 Å². The van der Waals surface area contributed by atoms with E-state index >= 15 is 0 Å². The average Bonchev–Trinajstić information content (AvgIpc) is 2.64. The summed E-state index contributed by atoms with van der Waals surface area (Å²) in [5, 5.41) is 11.4. The van der Waals surface area contributed by atoms with Gasteiger partial charge in [-0.3, -0.25) is 10.1 Å². The molecule has 0 aromatic rings. The van der Waals surface area contributed by atoms with Crippen molar-refractivity contribution in [2.24, 2.45) is 0 Å². The van der Waals surface area contributed by atoms with Gasteiger partial charge in [-0.1, -0.05) is 0 Å². The number of rotatable bonds is 4. The van der Waals surface area contributed by atoms with Crippen molar-refractivity contribution in [2.75, 3.05) is 32.1 Å². The van der Waals surface area contributed by atoms with E-state index in [0.717, 1.165) is 37.0 Å². The van der Waals surface area contributed by atoms with Crippen molar-refractivity contribution in [1.29, 1.82) is 0 Å². The Balaban J connectivity index is 1.95. The number of nitrogens with one attached hydrogen (secondary N) is 1. The molecule has 0 aromatic carbocycles. The summed E-state index contributed by atoms with van der Waals surface area (Å²) >= 11 is 2.60. The molecule has 1 atom stereocenters. The number of carbonyl (C=O) groups excluding carboxylic acids is 1. The van der Waals surface area contributed by atoms with Crippen LogP contribution >= 0.6 is 23.7 Å². The van der Waals surface area contributed by atoms with Gasteiger partial charge in [-0.25, -0.2) is 9.10 Å². The second-order valence-electron chi connectivity index (χ2n) is 5.19. The monoisotopic (exact) mass is 319 g/mol. The molecule has 2 aliphatic heterocycles. The molecule has 0 bridgehead atoms. The minimum absolute atomic E-state index is 0.0915. The summed E-state index contributed by atoms with van der Waals surface area (Å²) in [6.07, 6.45) is 4.43. The van der Waals surface area contributed by atoms with Gasteiger partial charge in [0.1, 0.15) is 0 Å². The minimum Gasteiger partial charge on any atom is -0.472 e. The van der Waals surface area contributed by atoms with E-state index in [-0.39, 0.29) is 17.6 Å². The van der Waals surface area contributed by atoms with Crippen LogP contribution < -0.4 is 5.32 Å². The first-order chi connectivity index (χ1) is 9.48. The molecule has 1 unspecified atom stereocenters. The van der Waals surface area contributed by atoms with Crippen LogP contribution in [0.25, 0.3) is 0 Å². The summed E-state index contributed by atoms with van der Waals surface area (Å²) in [6, 6.07) is -0.0915. The molecule has 0 saturated carbocycles. The maximum absolute atomic E-state index is 12.3. The predicted octanol–water partition coefficient (Wildman–Crippen LogP) is 1.29. The maximum Gasteiger partial charge on any atom is 0.380 e. The highest BCUT2D eigenvalue weighted by atomic mass is 32.2. The van der Waals surface area contributed by atoms with Gasteiger partial charge in [0, 0.05) is 32.1 Å². The van der Waals surface area contributed by atoms with Gasteiger partial charge < -0.3 is 10.0 Å². The Kier molecular flexibility index (Phi) is 5.22. The smallest absolute Gasteiger partial charge is 0.380 e. The zero-order valence-electron chi connectivity index (χ0n) is 11.8. The highest BCUT2D eigenvalue weighted by Gasteiger charge is 2.49. The van der Waals surface area contributed by atoms with Crippen molar-refractivity contribution in [3.05, 3.63) is 0 Å². The maximum atomic E-state index is 12.3. The van der Waals surface area contributed by atoms with Crippen LogP contribution in [0.1, 0.15) is 19.3 Å². The van der Waals surface area contributed by atoms with Gasteiger partial charge in [0.2, 0.25) is 5.91 Å². The molecule has 2 rings (SSSR count). The third kappa shape index (κ3) is 3.24. The molecule has 114 valence electrons. The molecule has 6 nitrogen and oxygen atoms in total. The number of likely N-dealkylation sites (N-methyl/N-ethyl adjacent to an activating group) is 1. The summed E-state index contributed by atoms with van der Waals surface area (Å²) < 4.78 is 1.85. The second-order valence-corrected chi connectivity index (χ2v) is 7.23. The van der Waals surface area contributed by atoms with Crippen molar-refractivity contribution in [1.82, 2.24) is 14.5 Å². The molecule has 2 fully saturated rings. The fraction of sp³-hybridized carbons (Fsp3) is 0.833. The Morgan fingerprint density at radius 1 is 1.50 bits per heavy atom. The van der Waals surface area contributed by atoms with E-state index < -0.39 is 5.30 Å². The Labute approximate surface area is 127 Å². The molecule has 0 radical (unpaired) electrons. The van der Waals surface area contributed by atoms with Gasteiger partial charge in [-0.05, 0) is 31.3 Å². The van der Waals surface area contributed by atoms with Gasteiger partial charge in [-0.2, -0.15) is 11.8 Å². The van der Waals surface area contributed by atoms with E-state index in [1.165, 1.54) is 0 Å². The minimum atomic E-state index is -0.873. The van der Waals surface area contributed by atoms with Crippen LogP contribution in [0.4, 0.5) is 4.79 Å². The number of piperidine rings is 1. The molecular weight excluding hydrogens is 298 g/mol. The Morgan fingerprint density at radius 3 is 2.70 bits per heavy atom. The van der Waals surface area contributed by atoms with Gasteiger partial charge in [0.05, 0.1) is 11.7 Å². The molecular formula is C12H21N3O3S2. The summed E-state index contributed by atoms with van der Waals surface area (Å²) in [5.41, 5.74) is -0.282. The van der Waals surface area contributed by atoms with Crippen molar-refractivity contribution >= 4 is 34.9 Å². The lowest BCUT2D eigenvalue weighted by Crippen LogP contribution is -2.57. The van der Waals surface area contributed by atoms with E-state index in [4.69, 9.17) is 5.11 Å². The zero-order chi connectivity index (χ0) is 14.8. The van der Waals surface area contributed by atoms with E-state index in [1.807, 2.05) is 22.5 Å². The Hall–Kier alpha value is -0.440. The van der Waals surface area contributed by atoms with Gasteiger partial charge in [-0.15, -0.1) is 0 Å². The number of carboxylic acid groups (broad SMARTS) is 1. The number of nitrogens with zero attached hydrogens (tertiary/aromatic N) is 2. The van der Waals surface area contributed by atoms with E-state index in [2.05, 4.69) is 5.32 Å². The molecule has 20 heavy (non-hydrogen) atoms. The lowest BCUT2D eigenvalue weighted by molar-refractivity contribution is -0.131. The Morgan fingerprint density at radius 2 is 2.15 bits per heavy atom. The molecule has 2 aliphatic rings. The average molecular weight is 319 g/mol. The molecule has 8 heteroatoms.